The van der Waals surface area contributed by atoms with Crippen molar-refractivity contribution in [2.75, 3.05) is 41.0 Å². The molecule has 5 saturated carbocycles. The van der Waals surface area contributed by atoms with Gasteiger partial charge in [0.2, 0.25) is 0 Å². The van der Waals surface area contributed by atoms with Gasteiger partial charge in [0, 0.05) is 57.0 Å². The van der Waals surface area contributed by atoms with Crippen LogP contribution in [-0.4, -0.2) is 103 Å². The molecule has 1 unspecified atom stereocenters. The van der Waals surface area contributed by atoms with Crippen molar-refractivity contribution in [2.24, 2.45) is 34.5 Å². The van der Waals surface area contributed by atoms with Gasteiger partial charge in [-0.2, -0.15) is 0 Å². The largest absolute Gasteiger partial charge is 0.392 e. The normalized spacial score (nSPS) is 60.2. The standard InChI is InChI=1S/C24H37NO7/c1-5-25-10-21(11-30-2)7-6-15(26)23-13-8-12-14(31-3)9-22(28,16(13)17(12)27)24(29,20(23)25)19(32-4)18(21)23/h12-16,18-20,26,28-29H,5-11H2,1-4H3/t12-,13-,14+,15+,16-,18-,19+,20+,21+,22-,23?,24-/m1/s1. The van der Waals surface area contributed by atoms with Gasteiger partial charge in [-0.3, -0.25) is 9.69 Å². The minimum Gasteiger partial charge on any atom is -0.392 e. The first-order valence-corrected chi connectivity index (χ1v) is 12.2. The number of carbonyl (C=O) groups excluding carboxylic acids is 1. The van der Waals surface area contributed by atoms with Gasteiger partial charge in [-0.25, -0.2) is 0 Å². The summed E-state index contributed by atoms with van der Waals surface area (Å²) in [4.78, 5) is 15.9. The van der Waals surface area contributed by atoms with Gasteiger partial charge >= 0.3 is 0 Å². The van der Waals surface area contributed by atoms with Gasteiger partial charge in [0.25, 0.3) is 0 Å². The molecule has 1 spiro atoms. The number of ether oxygens (including phenoxy) is 3. The van der Waals surface area contributed by atoms with Crippen molar-refractivity contribution in [3.05, 3.63) is 0 Å². The van der Waals surface area contributed by atoms with Crippen LogP contribution in [0.25, 0.3) is 0 Å². The van der Waals surface area contributed by atoms with E-state index in [2.05, 4.69) is 11.8 Å². The number of aliphatic hydroxyl groups is 3. The monoisotopic (exact) mass is 451 g/mol. The molecule has 0 amide bonds. The smallest absolute Gasteiger partial charge is 0.144 e. The number of rotatable bonds is 5. The Morgan fingerprint density at radius 2 is 1.94 bits per heavy atom. The summed E-state index contributed by atoms with van der Waals surface area (Å²) in [5.41, 5.74) is -4.40. The molecule has 0 aromatic rings. The fraction of sp³-hybridized carbons (Fsp3) is 0.958. The molecule has 6 aliphatic rings. The van der Waals surface area contributed by atoms with Crippen molar-refractivity contribution < 1.29 is 34.3 Å². The Labute approximate surface area is 189 Å². The highest BCUT2D eigenvalue weighted by Crippen LogP contribution is 2.79. The third kappa shape index (κ3) is 1.94. The lowest BCUT2D eigenvalue weighted by atomic mass is 9.43. The fourth-order valence-corrected chi connectivity index (χ4v) is 10.4. The molecule has 8 nitrogen and oxygen atoms in total. The zero-order valence-corrected chi connectivity index (χ0v) is 19.5. The van der Waals surface area contributed by atoms with E-state index < -0.39 is 46.9 Å². The minimum atomic E-state index is -1.69. The summed E-state index contributed by atoms with van der Waals surface area (Å²) in [5.74, 6) is -1.43. The first-order chi connectivity index (χ1) is 15.2. The van der Waals surface area contributed by atoms with Crippen molar-refractivity contribution >= 4 is 5.78 Å². The van der Waals surface area contributed by atoms with Crippen LogP contribution in [0.4, 0.5) is 0 Å². The number of fused-ring (bicyclic) bond motifs is 2. The molecule has 1 aliphatic heterocycles. The third-order valence-electron chi connectivity index (χ3n) is 11.0. The lowest BCUT2D eigenvalue weighted by Gasteiger charge is -2.69. The van der Waals surface area contributed by atoms with E-state index in [4.69, 9.17) is 14.2 Å². The van der Waals surface area contributed by atoms with E-state index in [1.807, 2.05) is 0 Å². The molecule has 0 radical (unpaired) electrons. The summed E-state index contributed by atoms with van der Waals surface area (Å²) in [6.45, 7) is 3.96. The lowest BCUT2D eigenvalue weighted by Crippen LogP contribution is -2.81. The highest BCUT2D eigenvalue weighted by atomic mass is 16.5. The lowest BCUT2D eigenvalue weighted by molar-refractivity contribution is -0.299. The number of hydrogen-bond acceptors (Lipinski definition) is 8. The number of carbonyl (C=O) groups is 1. The van der Waals surface area contributed by atoms with Crippen molar-refractivity contribution in [1.29, 1.82) is 0 Å². The average molecular weight is 452 g/mol. The second-order valence-electron chi connectivity index (χ2n) is 11.5. The number of Topliss-reactive ketones (excluding diaryl/α,β-unsaturated/α-hetero) is 1. The SMILES string of the molecule is CCN1C[C@]2(COC)CC[C@H](O)C34[C@@H]5C[C@H]6C(=O)[C@@H]5[C@](O)(C[C@@H]6OC)[C@@](O)([C@@H](OC)[C@@H]32)[C@@H]14. The van der Waals surface area contributed by atoms with Crippen molar-refractivity contribution in [1.82, 2.24) is 4.90 Å². The van der Waals surface area contributed by atoms with Gasteiger partial charge in [-0.1, -0.05) is 6.92 Å². The fourth-order valence-electron chi connectivity index (χ4n) is 10.4. The van der Waals surface area contributed by atoms with E-state index in [1.165, 1.54) is 0 Å². The van der Waals surface area contributed by atoms with Crippen molar-refractivity contribution in [2.45, 2.75) is 68.2 Å². The number of piperidine rings is 1. The second kappa shape index (κ2) is 6.53. The van der Waals surface area contributed by atoms with Gasteiger partial charge in [-0.15, -0.1) is 0 Å². The molecular weight excluding hydrogens is 414 g/mol. The number of nitrogens with zero attached hydrogens (tertiary/aromatic N) is 1. The molecular formula is C24H37NO7. The number of likely N-dealkylation sites (N-methyl/N-ethyl adjacent to an activating group) is 1. The van der Waals surface area contributed by atoms with Crippen LogP contribution in [0, 0.1) is 34.5 Å². The Morgan fingerprint density at radius 1 is 1.19 bits per heavy atom. The Kier molecular flexibility index (Phi) is 4.47. The first-order valence-electron chi connectivity index (χ1n) is 12.2. The molecule has 32 heavy (non-hydrogen) atoms. The third-order valence-corrected chi connectivity index (χ3v) is 11.0. The van der Waals surface area contributed by atoms with Crippen molar-refractivity contribution in [3.8, 4) is 0 Å². The molecule has 5 aliphatic carbocycles. The molecule has 0 aromatic carbocycles. The van der Waals surface area contributed by atoms with Crippen LogP contribution in [0.2, 0.25) is 0 Å². The molecule has 6 fully saturated rings. The van der Waals surface area contributed by atoms with Crippen LogP contribution in [0.1, 0.15) is 32.6 Å². The summed E-state index contributed by atoms with van der Waals surface area (Å²) in [6.07, 6.45) is 0.350. The molecule has 8 heteroatoms. The summed E-state index contributed by atoms with van der Waals surface area (Å²) >= 11 is 0. The molecule has 6 rings (SSSR count). The van der Waals surface area contributed by atoms with E-state index >= 15 is 0 Å². The van der Waals surface area contributed by atoms with Gasteiger partial charge < -0.3 is 29.5 Å². The minimum absolute atomic E-state index is 0.0129. The maximum Gasteiger partial charge on any atom is 0.144 e. The molecule has 3 N–H and O–H groups in total. The highest BCUT2D eigenvalue weighted by Gasteiger charge is 2.91. The van der Waals surface area contributed by atoms with Crippen LogP contribution in [0.5, 0.6) is 0 Å². The van der Waals surface area contributed by atoms with Gasteiger partial charge in [0.1, 0.15) is 17.0 Å². The Hall–Kier alpha value is -0.610. The zero-order valence-electron chi connectivity index (χ0n) is 19.5. The summed E-state index contributed by atoms with van der Waals surface area (Å²) in [7, 11) is 4.87. The Balaban J connectivity index is 1.68. The zero-order chi connectivity index (χ0) is 22.8. The van der Waals surface area contributed by atoms with Crippen LogP contribution in [0.15, 0.2) is 0 Å². The van der Waals surface area contributed by atoms with Gasteiger partial charge in [-0.05, 0) is 31.7 Å². The maximum absolute atomic E-state index is 13.7. The second-order valence-corrected chi connectivity index (χ2v) is 11.5. The predicted octanol–water partition coefficient (Wildman–Crippen LogP) is -0.175. The Bertz CT molecular complexity index is 839. The molecule has 180 valence electrons. The average Bonchev–Trinajstić information content (AvgIpc) is 3.14. The summed E-state index contributed by atoms with van der Waals surface area (Å²) in [6, 6.07) is -0.483. The number of hydrogen-bond donors (Lipinski definition) is 3. The maximum atomic E-state index is 13.7. The van der Waals surface area contributed by atoms with Gasteiger partial charge in [0.05, 0.1) is 36.9 Å². The van der Waals surface area contributed by atoms with E-state index in [0.29, 0.717) is 26.0 Å². The Morgan fingerprint density at radius 3 is 2.56 bits per heavy atom. The molecule has 1 saturated heterocycles. The van der Waals surface area contributed by atoms with E-state index in [1.54, 1.807) is 21.3 Å². The number of methoxy groups -OCH3 is 3. The number of aliphatic hydroxyl groups excluding tert-OH is 1. The van der Waals surface area contributed by atoms with Crippen LogP contribution in [0.3, 0.4) is 0 Å². The highest BCUT2D eigenvalue weighted by molar-refractivity contribution is 5.90. The topological polar surface area (TPSA) is 109 Å². The molecule has 7 bridgehead atoms. The van der Waals surface area contributed by atoms with Crippen LogP contribution >= 0.6 is 0 Å². The van der Waals surface area contributed by atoms with E-state index in [-0.39, 0.29) is 35.4 Å². The van der Waals surface area contributed by atoms with Crippen molar-refractivity contribution in [3.63, 3.8) is 0 Å². The van der Waals surface area contributed by atoms with Crippen LogP contribution < -0.4 is 0 Å². The van der Waals surface area contributed by atoms with E-state index in [0.717, 1.165) is 13.0 Å². The summed E-state index contributed by atoms with van der Waals surface area (Å²) < 4.78 is 17.6. The quantitative estimate of drug-likeness (QED) is 0.529. The number of likely N-dealkylation sites (tertiary alicyclic amines) is 1. The van der Waals surface area contributed by atoms with Gasteiger partial charge in [0.15, 0.2) is 0 Å². The molecule has 0 aromatic heterocycles. The summed E-state index contributed by atoms with van der Waals surface area (Å²) in [5, 5.41) is 37.0. The number of ketones is 1. The van der Waals surface area contributed by atoms with E-state index in [9.17, 15) is 20.1 Å². The molecule has 12 atom stereocenters. The molecule has 1 heterocycles. The first kappa shape index (κ1) is 21.9. The predicted molar refractivity (Wildman–Crippen MR) is 113 cm³/mol. The van der Waals surface area contributed by atoms with Crippen LogP contribution in [-0.2, 0) is 19.0 Å².